The van der Waals surface area contributed by atoms with Crippen molar-refractivity contribution in [3.63, 3.8) is 0 Å². The van der Waals surface area contributed by atoms with Gasteiger partial charge in [0.2, 0.25) is 6.08 Å². The van der Waals surface area contributed by atoms with E-state index in [1.165, 1.54) is 12.3 Å². The highest BCUT2D eigenvalue weighted by atomic mass is 16.1. The monoisotopic (exact) mass is 247 g/mol. The quantitative estimate of drug-likeness (QED) is 0.346. The predicted octanol–water partition coefficient (Wildman–Crippen LogP) is 4.08. The number of carbonyl (C=O) groups excluding carboxylic acids is 1. The molecule has 0 atom stereocenters. The van der Waals surface area contributed by atoms with Crippen molar-refractivity contribution >= 4 is 17.7 Å². The lowest BCUT2D eigenvalue weighted by atomic mass is 10.0. The summed E-state index contributed by atoms with van der Waals surface area (Å²) in [6, 6.07) is 20.0. The molecule has 0 N–H and O–H groups in total. The maximum absolute atomic E-state index is 10.1. The lowest BCUT2D eigenvalue weighted by Gasteiger charge is -2.02. The highest BCUT2D eigenvalue weighted by Crippen LogP contribution is 2.19. The van der Waals surface area contributed by atoms with Crippen LogP contribution < -0.4 is 0 Å². The van der Waals surface area contributed by atoms with E-state index in [1.807, 2.05) is 66.7 Å². The van der Waals surface area contributed by atoms with Crippen molar-refractivity contribution in [2.45, 2.75) is 0 Å². The lowest BCUT2D eigenvalue weighted by molar-refractivity contribution is 0.565. The number of hydrogen-bond donors (Lipinski definition) is 0. The first-order valence-electron chi connectivity index (χ1n) is 5.96. The van der Waals surface area contributed by atoms with Crippen molar-refractivity contribution in [1.82, 2.24) is 0 Å². The molecule has 0 radical (unpaired) electrons. The number of allylic oxidation sites excluding steroid dienone is 2. The molecule has 0 aliphatic heterocycles. The SMILES string of the molecule is O=C=N/C=C/C(=C/c1ccccc1)c1ccccc1. The third-order valence-electron chi connectivity index (χ3n) is 2.61. The van der Waals surface area contributed by atoms with Crippen LogP contribution in [0.3, 0.4) is 0 Å². The van der Waals surface area contributed by atoms with Gasteiger partial charge in [-0.3, -0.25) is 0 Å². The summed E-state index contributed by atoms with van der Waals surface area (Å²) in [5, 5.41) is 0. The van der Waals surface area contributed by atoms with Crippen LogP contribution in [0.25, 0.3) is 11.6 Å². The number of benzene rings is 2. The summed E-state index contributed by atoms with van der Waals surface area (Å²) in [4.78, 5) is 13.6. The van der Waals surface area contributed by atoms with Crippen LogP contribution in [0.1, 0.15) is 11.1 Å². The zero-order valence-corrected chi connectivity index (χ0v) is 10.4. The Balaban J connectivity index is 2.40. The summed E-state index contributed by atoms with van der Waals surface area (Å²) in [6.07, 6.45) is 6.80. The Morgan fingerprint density at radius 2 is 1.58 bits per heavy atom. The summed E-state index contributed by atoms with van der Waals surface area (Å²) in [5.41, 5.74) is 3.16. The van der Waals surface area contributed by atoms with Gasteiger partial charge in [0.15, 0.2) is 0 Å². The van der Waals surface area contributed by atoms with Crippen LogP contribution in [0.15, 0.2) is 77.9 Å². The first-order chi connectivity index (χ1) is 9.40. The van der Waals surface area contributed by atoms with E-state index in [4.69, 9.17) is 0 Å². The second-order valence-corrected chi connectivity index (χ2v) is 3.91. The molecule has 0 saturated carbocycles. The van der Waals surface area contributed by atoms with Crippen LogP contribution >= 0.6 is 0 Å². The number of nitrogens with zero attached hydrogens (tertiary/aromatic N) is 1. The van der Waals surface area contributed by atoms with Gasteiger partial charge >= 0.3 is 0 Å². The van der Waals surface area contributed by atoms with E-state index in [2.05, 4.69) is 4.99 Å². The molecule has 0 unspecified atom stereocenters. The molecule has 2 aromatic carbocycles. The smallest absolute Gasteiger partial charge is 0.211 e. The van der Waals surface area contributed by atoms with Gasteiger partial charge in [-0.25, -0.2) is 4.79 Å². The molecular formula is C17H13NO. The molecule has 0 aliphatic rings. The van der Waals surface area contributed by atoms with Crippen LogP contribution in [0.5, 0.6) is 0 Å². The zero-order chi connectivity index (χ0) is 13.3. The van der Waals surface area contributed by atoms with Crippen molar-refractivity contribution in [3.8, 4) is 0 Å². The maximum Gasteiger partial charge on any atom is 0.239 e. The highest BCUT2D eigenvalue weighted by molar-refractivity contribution is 5.87. The second-order valence-electron chi connectivity index (χ2n) is 3.91. The molecule has 0 bridgehead atoms. The first-order valence-corrected chi connectivity index (χ1v) is 5.96. The molecule has 0 aliphatic carbocycles. The molecule has 92 valence electrons. The van der Waals surface area contributed by atoms with Crippen LogP contribution in [0, 0.1) is 0 Å². The van der Waals surface area contributed by atoms with Gasteiger partial charge in [0, 0.05) is 6.20 Å². The standard InChI is InChI=1S/C17H13NO/c19-14-18-12-11-17(16-9-5-2-6-10-16)13-15-7-3-1-4-8-15/h1-13H/b12-11+,17-13-. The fourth-order valence-electron chi connectivity index (χ4n) is 1.74. The Bertz CT molecular complexity index is 621. The van der Waals surface area contributed by atoms with E-state index in [0.29, 0.717) is 0 Å². The van der Waals surface area contributed by atoms with Gasteiger partial charge in [0.05, 0.1) is 0 Å². The Morgan fingerprint density at radius 3 is 2.21 bits per heavy atom. The highest BCUT2D eigenvalue weighted by Gasteiger charge is 1.97. The van der Waals surface area contributed by atoms with Gasteiger partial charge < -0.3 is 0 Å². The Kier molecular flexibility index (Phi) is 4.63. The summed E-state index contributed by atoms with van der Waals surface area (Å²) < 4.78 is 0. The maximum atomic E-state index is 10.1. The van der Waals surface area contributed by atoms with Crippen molar-refractivity contribution in [3.05, 3.63) is 84.1 Å². The molecule has 2 heteroatoms. The van der Waals surface area contributed by atoms with Gasteiger partial charge in [0.25, 0.3) is 0 Å². The lowest BCUT2D eigenvalue weighted by Crippen LogP contribution is -1.80. The average molecular weight is 247 g/mol. The van der Waals surface area contributed by atoms with Crippen LogP contribution in [0.4, 0.5) is 0 Å². The van der Waals surface area contributed by atoms with E-state index in [0.717, 1.165) is 16.7 Å². The van der Waals surface area contributed by atoms with Crippen LogP contribution in [-0.4, -0.2) is 6.08 Å². The predicted molar refractivity (Wildman–Crippen MR) is 78.0 cm³/mol. The molecule has 19 heavy (non-hydrogen) atoms. The molecule has 0 aromatic heterocycles. The molecule has 0 fully saturated rings. The van der Waals surface area contributed by atoms with E-state index in [1.54, 1.807) is 6.08 Å². The van der Waals surface area contributed by atoms with Crippen molar-refractivity contribution in [1.29, 1.82) is 0 Å². The van der Waals surface area contributed by atoms with E-state index in [9.17, 15) is 4.79 Å². The summed E-state index contributed by atoms with van der Waals surface area (Å²) >= 11 is 0. The Labute approximate surface area is 112 Å². The molecule has 0 saturated heterocycles. The van der Waals surface area contributed by atoms with Crippen molar-refractivity contribution in [2.75, 3.05) is 0 Å². The van der Waals surface area contributed by atoms with E-state index < -0.39 is 0 Å². The molecule has 2 nitrogen and oxygen atoms in total. The van der Waals surface area contributed by atoms with E-state index >= 15 is 0 Å². The minimum Gasteiger partial charge on any atom is -0.211 e. The first kappa shape index (κ1) is 12.7. The molecule has 2 rings (SSSR count). The van der Waals surface area contributed by atoms with Gasteiger partial charge in [-0.15, -0.1) is 0 Å². The fraction of sp³-hybridized carbons (Fsp3) is 0. The molecule has 0 amide bonds. The molecular weight excluding hydrogens is 234 g/mol. The van der Waals surface area contributed by atoms with Crippen molar-refractivity contribution in [2.24, 2.45) is 4.99 Å². The molecule has 0 spiro atoms. The van der Waals surface area contributed by atoms with Crippen molar-refractivity contribution < 1.29 is 4.79 Å². The minimum absolute atomic E-state index is 0.991. The summed E-state index contributed by atoms with van der Waals surface area (Å²) in [5.74, 6) is 0. The number of hydrogen-bond acceptors (Lipinski definition) is 2. The van der Waals surface area contributed by atoms with Gasteiger partial charge in [0.1, 0.15) is 0 Å². The number of aliphatic imine (C=N–C) groups is 1. The van der Waals surface area contributed by atoms with Gasteiger partial charge in [-0.1, -0.05) is 60.7 Å². The Morgan fingerprint density at radius 1 is 0.947 bits per heavy atom. The van der Waals surface area contributed by atoms with E-state index in [-0.39, 0.29) is 0 Å². The topological polar surface area (TPSA) is 29.4 Å². The fourth-order valence-corrected chi connectivity index (χ4v) is 1.74. The largest absolute Gasteiger partial charge is 0.239 e. The Hall–Kier alpha value is -2.70. The number of rotatable bonds is 4. The second kappa shape index (κ2) is 6.90. The van der Waals surface area contributed by atoms with Gasteiger partial charge in [-0.05, 0) is 28.9 Å². The normalized spacial score (nSPS) is 11.3. The third kappa shape index (κ3) is 3.91. The summed E-state index contributed by atoms with van der Waals surface area (Å²) in [7, 11) is 0. The molecule has 0 heterocycles. The zero-order valence-electron chi connectivity index (χ0n) is 10.4. The van der Waals surface area contributed by atoms with Crippen LogP contribution in [0.2, 0.25) is 0 Å². The average Bonchev–Trinajstić information content (AvgIpc) is 2.48. The minimum atomic E-state index is 0.991. The van der Waals surface area contributed by atoms with Crippen LogP contribution in [-0.2, 0) is 4.79 Å². The number of isocyanates is 1. The molecule has 2 aromatic rings. The summed E-state index contributed by atoms with van der Waals surface area (Å²) in [6.45, 7) is 0. The van der Waals surface area contributed by atoms with Gasteiger partial charge in [-0.2, -0.15) is 4.99 Å². The third-order valence-corrected chi connectivity index (χ3v) is 2.61.